The standard InChI is InChI=1S/C27H29BrN2O5/c1-34-22-8-6-21(7-9-22)30-24(32)19-2-4-20(5-3-19)29-23(31)15-35-25(33)26-11-17-10-18(12-26)14-27(28,13-17)16-26/h2-9,17-18H,10-16H2,1H3,(H,29,31)(H,30,32)/t17-,18-,26?,27?/m1/s1. The molecule has 2 N–H and O–H groups in total. The van der Waals surface area contributed by atoms with Crippen LogP contribution in [0.25, 0.3) is 0 Å². The number of methoxy groups -OCH3 is 1. The molecule has 2 amide bonds. The van der Waals surface area contributed by atoms with Crippen molar-refractivity contribution in [2.24, 2.45) is 17.3 Å². The van der Waals surface area contributed by atoms with Crippen LogP contribution < -0.4 is 15.4 Å². The normalized spacial score (nSPS) is 28.3. The summed E-state index contributed by atoms with van der Waals surface area (Å²) in [4.78, 5) is 37.9. The number of carbonyl (C=O) groups is 3. The number of anilines is 2. The second-order valence-electron chi connectivity index (χ2n) is 10.3. The fourth-order valence-electron chi connectivity index (χ4n) is 6.45. The van der Waals surface area contributed by atoms with Gasteiger partial charge in [0.2, 0.25) is 0 Å². The number of benzene rings is 2. The third-order valence-electron chi connectivity index (χ3n) is 7.54. The van der Waals surface area contributed by atoms with Crippen molar-refractivity contribution in [1.82, 2.24) is 0 Å². The second kappa shape index (κ2) is 9.30. The first-order chi connectivity index (χ1) is 16.8. The lowest BCUT2D eigenvalue weighted by Crippen LogP contribution is -2.56. The molecular weight excluding hydrogens is 512 g/mol. The van der Waals surface area contributed by atoms with Gasteiger partial charge in [0.25, 0.3) is 11.8 Å². The third-order valence-corrected chi connectivity index (χ3v) is 8.46. The van der Waals surface area contributed by atoms with Crippen molar-refractivity contribution < 1.29 is 23.9 Å². The number of nitrogens with one attached hydrogen (secondary N) is 2. The number of hydrogen-bond donors (Lipinski definition) is 2. The average Bonchev–Trinajstić information content (AvgIpc) is 2.82. The molecule has 0 heterocycles. The zero-order valence-corrected chi connectivity index (χ0v) is 21.2. The second-order valence-corrected chi connectivity index (χ2v) is 12.0. The van der Waals surface area contributed by atoms with Crippen molar-refractivity contribution in [2.75, 3.05) is 24.4 Å². The molecule has 4 bridgehead atoms. The van der Waals surface area contributed by atoms with Gasteiger partial charge < -0.3 is 20.1 Å². The van der Waals surface area contributed by atoms with Crippen molar-refractivity contribution in [3.8, 4) is 5.75 Å². The van der Waals surface area contributed by atoms with Crippen molar-refractivity contribution in [2.45, 2.75) is 42.8 Å². The third kappa shape index (κ3) is 5.08. The Kier molecular flexibility index (Phi) is 6.34. The van der Waals surface area contributed by atoms with E-state index in [9.17, 15) is 14.4 Å². The number of halogens is 1. The van der Waals surface area contributed by atoms with Crippen LogP contribution in [0.5, 0.6) is 5.75 Å². The van der Waals surface area contributed by atoms with Gasteiger partial charge in [0, 0.05) is 21.3 Å². The molecular formula is C27H29BrN2O5. The molecule has 184 valence electrons. The summed E-state index contributed by atoms with van der Waals surface area (Å²) in [5.41, 5.74) is 1.18. The summed E-state index contributed by atoms with van der Waals surface area (Å²) in [7, 11) is 1.58. The van der Waals surface area contributed by atoms with Crippen LogP contribution in [0.2, 0.25) is 0 Å². The molecule has 2 atom stereocenters. The van der Waals surface area contributed by atoms with Gasteiger partial charge in [0.1, 0.15) is 5.75 Å². The van der Waals surface area contributed by atoms with Crippen LogP contribution in [0.15, 0.2) is 48.5 Å². The van der Waals surface area contributed by atoms with Crippen LogP contribution in [0, 0.1) is 17.3 Å². The molecule has 0 spiro atoms. The lowest BCUT2D eigenvalue weighted by Gasteiger charge is -2.58. The molecule has 35 heavy (non-hydrogen) atoms. The minimum absolute atomic E-state index is 0.0553. The van der Waals surface area contributed by atoms with Gasteiger partial charge in [-0.25, -0.2) is 0 Å². The smallest absolute Gasteiger partial charge is 0.312 e. The summed E-state index contributed by atoms with van der Waals surface area (Å²) < 4.78 is 10.7. The molecule has 6 rings (SSSR count). The number of hydrogen-bond acceptors (Lipinski definition) is 5. The van der Waals surface area contributed by atoms with Crippen LogP contribution in [-0.4, -0.2) is 35.8 Å². The van der Waals surface area contributed by atoms with Gasteiger partial charge in [-0.1, -0.05) is 15.9 Å². The maximum absolute atomic E-state index is 13.0. The quantitative estimate of drug-likeness (QED) is 0.373. The average molecular weight is 541 g/mol. The van der Waals surface area contributed by atoms with Gasteiger partial charge in [-0.15, -0.1) is 0 Å². The van der Waals surface area contributed by atoms with E-state index >= 15 is 0 Å². The molecule has 0 unspecified atom stereocenters. The first kappa shape index (κ1) is 23.9. The molecule has 4 saturated carbocycles. The highest BCUT2D eigenvalue weighted by Gasteiger charge is 2.60. The molecule has 0 saturated heterocycles. The SMILES string of the molecule is COc1ccc(NC(=O)c2ccc(NC(=O)COC(=O)C34C[C@H]5C[C@@H](CC(Br)(C5)C3)C4)cc2)cc1. The van der Waals surface area contributed by atoms with Gasteiger partial charge in [0.15, 0.2) is 6.61 Å². The van der Waals surface area contributed by atoms with Crippen molar-refractivity contribution >= 4 is 45.1 Å². The van der Waals surface area contributed by atoms with E-state index in [1.165, 1.54) is 6.42 Å². The monoisotopic (exact) mass is 540 g/mol. The molecule has 0 radical (unpaired) electrons. The van der Waals surface area contributed by atoms with E-state index in [2.05, 4.69) is 26.6 Å². The summed E-state index contributed by atoms with van der Waals surface area (Å²) in [5, 5.41) is 5.55. The predicted molar refractivity (Wildman–Crippen MR) is 136 cm³/mol. The van der Waals surface area contributed by atoms with E-state index in [1.807, 2.05) is 0 Å². The molecule has 2 aromatic rings. The molecule has 7 nitrogen and oxygen atoms in total. The molecule has 0 aliphatic heterocycles. The molecule has 4 aliphatic rings. The van der Waals surface area contributed by atoms with Crippen molar-refractivity contribution in [3.05, 3.63) is 54.1 Å². The minimum atomic E-state index is -0.452. The van der Waals surface area contributed by atoms with Crippen LogP contribution in [0.4, 0.5) is 11.4 Å². The summed E-state index contributed by atoms with van der Waals surface area (Å²) in [5.74, 6) is 0.943. The van der Waals surface area contributed by atoms with E-state index < -0.39 is 11.3 Å². The fraction of sp³-hybridized carbons (Fsp3) is 0.444. The number of ether oxygens (including phenoxy) is 2. The Morgan fingerprint density at radius 3 is 2.11 bits per heavy atom. The van der Waals surface area contributed by atoms with E-state index in [0.717, 1.165) is 32.1 Å². The number of amides is 2. The number of rotatable bonds is 7. The maximum atomic E-state index is 13.0. The Balaban J connectivity index is 1.12. The lowest BCUT2D eigenvalue weighted by molar-refractivity contribution is -0.170. The molecule has 2 aromatic carbocycles. The van der Waals surface area contributed by atoms with Crippen molar-refractivity contribution in [1.29, 1.82) is 0 Å². The van der Waals surface area contributed by atoms with Crippen LogP contribution in [0.3, 0.4) is 0 Å². The lowest BCUT2D eigenvalue weighted by atomic mass is 9.49. The van der Waals surface area contributed by atoms with Crippen molar-refractivity contribution in [3.63, 3.8) is 0 Å². The van der Waals surface area contributed by atoms with Crippen LogP contribution >= 0.6 is 15.9 Å². The van der Waals surface area contributed by atoms with E-state index in [1.54, 1.807) is 55.6 Å². The zero-order valence-electron chi connectivity index (χ0n) is 19.6. The molecule has 8 heteroatoms. The molecule has 4 fully saturated rings. The summed E-state index contributed by atoms with van der Waals surface area (Å²) in [6, 6.07) is 13.6. The Morgan fingerprint density at radius 2 is 1.51 bits per heavy atom. The summed E-state index contributed by atoms with van der Waals surface area (Å²) in [6.07, 6.45) is 6.01. The van der Waals surface area contributed by atoms with Gasteiger partial charge in [-0.05, 0) is 98.9 Å². The Morgan fingerprint density at radius 1 is 0.914 bits per heavy atom. The van der Waals surface area contributed by atoms with E-state index in [4.69, 9.17) is 9.47 Å². The largest absolute Gasteiger partial charge is 0.497 e. The Hall–Kier alpha value is -2.87. The molecule has 0 aromatic heterocycles. The summed E-state index contributed by atoms with van der Waals surface area (Å²) >= 11 is 3.90. The van der Waals surface area contributed by atoms with Crippen LogP contribution in [0.1, 0.15) is 48.9 Å². The highest BCUT2D eigenvalue weighted by atomic mass is 79.9. The van der Waals surface area contributed by atoms with Crippen LogP contribution in [-0.2, 0) is 14.3 Å². The van der Waals surface area contributed by atoms with Gasteiger partial charge in [-0.2, -0.15) is 0 Å². The highest BCUT2D eigenvalue weighted by molar-refractivity contribution is 9.10. The minimum Gasteiger partial charge on any atom is -0.497 e. The topological polar surface area (TPSA) is 93.7 Å². The van der Waals surface area contributed by atoms with Gasteiger partial charge in [0.05, 0.1) is 12.5 Å². The first-order valence-electron chi connectivity index (χ1n) is 12.0. The predicted octanol–water partition coefficient (Wildman–Crippen LogP) is 5.16. The zero-order chi connectivity index (χ0) is 24.6. The first-order valence-corrected chi connectivity index (χ1v) is 12.8. The maximum Gasteiger partial charge on any atom is 0.312 e. The van der Waals surface area contributed by atoms with E-state index in [0.29, 0.717) is 34.5 Å². The Labute approximate surface area is 213 Å². The number of carbonyl (C=O) groups excluding carboxylic acids is 3. The fourth-order valence-corrected chi connectivity index (χ4v) is 7.91. The van der Waals surface area contributed by atoms with Gasteiger partial charge in [-0.3, -0.25) is 14.4 Å². The van der Waals surface area contributed by atoms with Gasteiger partial charge >= 0.3 is 5.97 Å². The summed E-state index contributed by atoms with van der Waals surface area (Å²) in [6.45, 7) is -0.315. The number of alkyl halides is 1. The molecule has 4 aliphatic carbocycles. The number of esters is 1. The highest BCUT2D eigenvalue weighted by Crippen LogP contribution is 2.64. The van der Waals surface area contributed by atoms with E-state index in [-0.39, 0.29) is 22.8 Å². The Bertz CT molecular complexity index is 1120.